The molecule has 3 rings (SSSR count). The zero-order valence-corrected chi connectivity index (χ0v) is 11.6. The first-order valence-corrected chi connectivity index (χ1v) is 6.95. The molecule has 0 aromatic heterocycles. The van der Waals surface area contributed by atoms with E-state index < -0.39 is 11.9 Å². The zero-order chi connectivity index (χ0) is 15.0. The number of rotatable bonds is 3. The molecule has 2 N–H and O–H groups in total. The Labute approximate surface area is 121 Å². The Morgan fingerprint density at radius 2 is 2.19 bits per heavy atom. The van der Waals surface area contributed by atoms with E-state index >= 15 is 0 Å². The topological polar surface area (TPSA) is 61.4 Å². The van der Waals surface area contributed by atoms with E-state index in [2.05, 4.69) is 10.6 Å². The summed E-state index contributed by atoms with van der Waals surface area (Å²) in [4.78, 5) is 26.0. The number of nitrogens with one attached hydrogen (secondary N) is 2. The van der Waals surface area contributed by atoms with Crippen molar-refractivity contribution in [2.45, 2.75) is 19.4 Å². The van der Waals surface area contributed by atoms with Gasteiger partial charge in [0.05, 0.1) is 23.9 Å². The summed E-state index contributed by atoms with van der Waals surface area (Å²) < 4.78 is 13.4. The molecule has 5 nitrogen and oxygen atoms in total. The van der Waals surface area contributed by atoms with Gasteiger partial charge in [-0.05, 0) is 24.1 Å². The van der Waals surface area contributed by atoms with E-state index in [1.807, 2.05) is 6.92 Å². The number of halogens is 1. The summed E-state index contributed by atoms with van der Waals surface area (Å²) >= 11 is 0. The van der Waals surface area contributed by atoms with Gasteiger partial charge in [0.15, 0.2) is 0 Å². The molecular formula is C15H16FN3O2. The lowest BCUT2D eigenvalue weighted by atomic mass is 9.96. The molecule has 3 amide bonds. The number of benzene rings is 1. The van der Waals surface area contributed by atoms with Crippen LogP contribution in [-0.4, -0.2) is 29.9 Å². The fourth-order valence-corrected chi connectivity index (χ4v) is 2.81. The molecule has 1 unspecified atom stereocenters. The van der Waals surface area contributed by atoms with Gasteiger partial charge in [0.1, 0.15) is 5.82 Å². The van der Waals surface area contributed by atoms with Crippen LogP contribution < -0.4 is 10.6 Å². The maximum absolute atomic E-state index is 13.4. The minimum absolute atomic E-state index is 0.103. The first-order chi connectivity index (χ1) is 10.1. The highest BCUT2D eigenvalue weighted by atomic mass is 19.1. The minimum Gasteiger partial charge on any atom is -0.333 e. The summed E-state index contributed by atoms with van der Waals surface area (Å²) in [5.74, 6) is -0.494. The third-order valence-corrected chi connectivity index (χ3v) is 3.70. The second kappa shape index (κ2) is 5.20. The van der Waals surface area contributed by atoms with Gasteiger partial charge in [-0.15, -0.1) is 0 Å². The normalized spacial score (nSPS) is 21.2. The molecule has 2 aliphatic heterocycles. The Morgan fingerprint density at radius 3 is 2.90 bits per heavy atom. The first-order valence-electron chi connectivity index (χ1n) is 6.95. The van der Waals surface area contributed by atoms with Gasteiger partial charge in [-0.1, -0.05) is 19.1 Å². The average molecular weight is 289 g/mol. The summed E-state index contributed by atoms with van der Waals surface area (Å²) in [6.07, 6.45) is 0.846. The highest BCUT2D eigenvalue weighted by Gasteiger charge is 2.39. The molecule has 0 radical (unpaired) electrons. The maximum atomic E-state index is 13.4. The van der Waals surface area contributed by atoms with E-state index in [-0.39, 0.29) is 11.9 Å². The van der Waals surface area contributed by atoms with Crippen LogP contribution in [0.1, 0.15) is 24.9 Å². The minimum atomic E-state index is -0.598. The van der Waals surface area contributed by atoms with Crippen LogP contribution in [0.25, 0.3) is 0 Å². The first kappa shape index (κ1) is 13.6. The van der Waals surface area contributed by atoms with Gasteiger partial charge in [-0.25, -0.2) is 9.18 Å². The smallest absolute Gasteiger partial charge is 0.319 e. The molecule has 0 aliphatic carbocycles. The van der Waals surface area contributed by atoms with Crippen LogP contribution in [0, 0.1) is 5.82 Å². The van der Waals surface area contributed by atoms with E-state index in [0.29, 0.717) is 29.9 Å². The Kier molecular flexibility index (Phi) is 3.37. The largest absolute Gasteiger partial charge is 0.333 e. The molecule has 0 saturated heterocycles. The molecule has 6 heteroatoms. The van der Waals surface area contributed by atoms with Gasteiger partial charge in [-0.2, -0.15) is 0 Å². The molecular weight excluding hydrogens is 273 g/mol. The molecule has 0 bridgehead atoms. The lowest BCUT2D eigenvalue weighted by Crippen LogP contribution is -2.44. The number of carbonyl (C=O) groups is 2. The highest BCUT2D eigenvalue weighted by molar-refractivity contribution is 6.01. The maximum Gasteiger partial charge on any atom is 0.319 e. The van der Waals surface area contributed by atoms with E-state index in [4.69, 9.17) is 0 Å². The number of amides is 3. The highest BCUT2D eigenvalue weighted by Crippen LogP contribution is 2.32. The zero-order valence-electron chi connectivity index (χ0n) is 11.6. The Hall–Kier alpha value is -2.37. The van der Waals surface area contributed by atoms with Gasteiger partial charge < -0.3 is 15.5 Å². The summed E-state index contributed by atoms with van der Waals surface area (Å²) in [5, 5.41) is 5.39. The number of nitrogens with zero attached hydrogens (tertiary/aromatic N) is 1. The average Bonchev–Trinajstić information content (AvgIpc) is 2.75. The van der Waals surface area contributed by atoms with Crippen LogP contribution in [0.15, 0.2) is 35.5 Å². The van der Waals surface area contributed by atoms with Gasteiger partial charge in [0.2, 0.25) is 0 Å². The van der Waals surface area contributed by atoms with Crippen molar-refractivity contribution in [3.63, 3.8) is 0 Å². The van der Waals surface area contributed by atoms with E-state index in [0.717, 1.165) is 6.42 Å². The van der Waals surface area contributed by atoms with Gasteiger partial charge in [-0.3, -0.25) is 4.79 Å². The molecule has 1 atom stereocenters. The molecule has 0 saturated carbocycles. The summed E-state index contributed by atoms with van der Waals surface area (Å²) in [5.41, 5.74) is 1.70. The third-order valence-electron chi connectivity index (χ3n) is 3.70. The molecule has 0 spiro atoms. The number of carbonyl (C=O) groups excluding carboxylic acids is 2. The fraction of sp³-hybridized carbons (Fsp3) is 0.333. The predicted molar refractivity (Wildman–Crippen MR) is 74.7 cm³/mol. The quantitative estimate of drug-likeness (QED) is 0.889. The SMILES string of the molecule is CCCN1CC2=C(C1=O)C(c1cccc(F)c1)NC(=O)N2. The van der Waals surface area contributed by atoms with E-state index in [1.165, 1.54) is 12.1 Å². The number of hydrogen-bond acceptors (Lipinski definition) is 2. The van der Waals surface area contributed by atoms with Crippen LogP contribution >= 0.6 is 0 Å². The lowest BCUT2D eigenvalue weighted by Gasteiger charge is -2.25. The van der Waals surface area contributed by atoms with Crippen molar-refractivity contribution in [1.82, 2.24) is 15.5 Å². The monoisotopic (exact) mass is 289 g/mol. The van der Waals surface area contributed by atoms with Crippen LogP contribution in [0.4, 0.5) is 9.18 Å². The lowest BCUT2D eigenvalue weighted by molar-refractivity contribution is -0.125. The number of urea groups is 1. The van der Waals surface area contributed by atoms with E-state index in [1.54, 1.807) is 17.0 Å². The van der Waals surface area contributed by atoms with Gasteiger partial charge in [0, 0.05) is 6.54 Å². The molecule has 2 aliphatic rings. The third kappa shape index (κ3) is 2.37. The van der Waals surface area contributed by atoms with Crippen molar-refractivity contribution in [2.75, 3.05) is 13.1 Å². The summed E-state index contributed by atoms with van der Waals surface area (Å²) in [7, 11) is 0. The van der Waals surface area contributed by atoms with Crippen molar-refractivity contribution in [1.29, 1.82) is 0 Å². The van der Waals surface area contributed by atoms with Gasteiger partial charge >= 0.3 is 6.03 Å². The standard InChI is InChI=1S/C15H16FN3O2/c1-2-6-19-8-11-12(14(19)20)13(18-15(21)17-11)9-4-3-5-10(16)7-9/h3-5,7,13H,2,6,8H2,1H3,(H2,17,18,21). The second-order valence-corrected chi connectivity index (χ2v) is 5.21. The Balaban J connectivity index is 1.99. The molecule has 1 aromatic carbocycles. The van der Waals surface area contributed by atoms with Crippen molar-refractivity contribution in [3.8, 4) is 0 Å². The second-order valence-electron chi connectivity index (χ2n) is 5.21. The summed E-state index contributed by atoms with van der Waals surface area (Å²) in [6, 6.07) is 4.99. The van der Waals surface area contributed by atoms with Crippen molar-refractivity contribution in [3.05, 3.63) is 46.9 Å². The van der Waals surface area contributed by atoms with Crippen molar-refractivity contribution >= 4 is 11.9 Å². The van der Waals surface area contributed by atoms with Crippen LogP contribution in [0.2, 0.25) is 0 Å². The molecule has 1 aromatic rings. The van der Waals surface area contributed by atoms with Gasteiger partial charge in [0.25, 0.3) is 5.91 Å². The van der Waals surface area contributed by atoms with Crippen LogP contribution in [-0.2, 0) is 4.79 Å². The summed E-state index contributed by atoms with van der Waals surface area (Å²) in [6.45, 7) is 3.03. The molecule has 110 valence electrons. The van der Waals surface area contributed by atoms with Crippen LogP contribution in [0.5, 0.6) is 0 Å². The Bertz CT molecular complexity index is 642. The van der Waals surface area contributed by atoms with E-state index in [9.17, 15) is 14.0 Å². The van der Waals surface area contributed by atoms with Crippen LogP contribution in [0.3, 0.4) is 0 Å². The predicted octanol–water partition coefficient (Wildman–Crippen LogP) is 1.69. The van der Waals surface area contributed by atoms with Crippen molar-refractivity contribution in [2.24, 2.45) is 0 Å². The molecule has 0 fully saturated rings. The number of hydrogen-bond donors (Lipinski definition) is 2. The molecule has 21 heavy (non-hydrogen) atoms. The Morgan fingerprint density at radius 1 is 1.38 bits per heavy atom. The fourth-order valence-electron chi connectivity index (χ4n) is 2.81. The van der Waals surface area contributed by atoms with Crippen molar-refractivity contribution < 1.29 is 14.0 Å². The molecule has 2 heterocycles.